The lowest BCUT2D eigenvalue weighted by Crippen LogP contribution is -2.34. The molecule has 2 heterocycles. The van der Waals surface area contributed by atoms with Crippen molar-refractivity contribution in [2.45, 2.75) is 34.2 Å². The van der Waals surface area contributed by atoms with Gasteiger partial charge in [0.25, 0.3) is 5.91 Å². The fourth-order valence-corrected chi connectivity index (χ4v) is 5.50. The molecule has 0 bridgehead atoms. The van der Waals surface area contributed by atoms with Crippen molar-refractivity contribution in [2.75, 3.05) is 18.9 Å². The van der Waals surface area contributed by atoms with Crippen molar-refractivity contribution >= 4 is 50.7 Å². The van der Waals surface area contributed by atoms with Crippen LogP contribution < -0.4 is 5.32 Å². The van der Waals surface area contributed by atoms with Crippen LogP contribution in [0.15, 0.2) is 42.5 Å². The van der Waals surface area contributed by atoms with Gasteiger partial charge in [0.1, 0.15) is 4.83 Å². The Kier molecular flexibility index (Phi) is 6.77. The van der Waals surface area contributed by atoms with E-state index in [2.05, 4.69) is 10.4 Å². The number of fused-ring (bicyclic) bond motifs is 1. The van der Waals surface area contributed by atoms with E-state index < -0.39 is 0 Å². The molecular weight excluding hydrogens is 468 g/mol. The van der Waals surface area contributed by atoms with E-state index in [-0.39, 0.29) is 18.4 Å². The van der Waals surface area contributed by atoms with Crippen LogP contribution in [0.1, 0.15) is 37.6 Å². The van der Waals surface area contributed by atoms with Crippen molar-refractivity contribution in [3.8, 4) is 0 Å². The van der Waals surface area contributed by atoms with Crippen LogP contribution in [-0.2, 0) is 11.3 Å². The Morgan fingerprint density at radius 3 is 2.44 bits per heavy atom. The number of anilines is 1. The highest BCUT2D eigenvalue weighted by Gasteiger charge is 2.21. The average molecular weight is 495 g/mol. The van der Waals surface area contributed by atoms with Gasteiger partial charge >= 0.3 is 0 Å². The lowest BCUT2D eigenvalue weighted by Gasteiger charge is -2.18. The second-order valence-electron chi connectivity index (χ2n) is 8.65. The van der Waals surface area contributed by atoms with Gasteiger partial charge in [0, 0.05) is 23.1 Å². The molecule has 0 saturated carbocycles. The van der Waals surface area contributed by atoms with E-state index in [4.69, 9.17) is 11.6 Å². The van der Waals surface area contributed by atoms with E-state index in [0.717, 1.165) is 43.9 Å². The van der Waals surface area contributed by atoms with Crippen LogP contribution in [0.4, 0.5) is 5.69 Å². The number of amides is 2. The Labute approximate surface area is 208 Å². The zero-order valence-electron chi connectivity index (χ0n) is 19.9. The summed E-state index contributed by atoms with van der Waals surface area (Å²) in [4.78, 5) is 28.7. The molecule has 0 saturated heterocycles. The fourth-order valence-electron chi connectivity index (χ4n) is 4.14. The summed E-state index contributed by atoms with van der Waals surface area (Å²) in [6.45, 7) is 8.37. The molecule has 0 aliphatic heterocycles. The van der Waals surface area contributed by atoms with E-state index in [1.807, 2.05) is 74.8 Å². The first kappa shape index (κ1) is 24.0. The third-order valence-electron chi connectivity index (χ3n) is 5.77. The predicted molar refractivity (Wildman–Crippen MR) is 139 cm³/mol. The molecule has 176 valence electrons. The number of hydrogen-bond acceptors (Lipinski definition) is 4. The molecule has 0 aliphatic rings. The number of aromatic nitrogens is 2. The molecule has 34 heavy (non-hydrogen) atoms. The summed E-state index contributed by atoms with van der Waals surface area (Å²) in [5.74, 6) is -0.425. The van der Waals surface area contributed by atoms with Gasteiger partial charge in [-0.1, -0.05) is 47.5 Å². The van der Waals surface area contributed by atoms with E-state index in [9.17, 15) is 9.59 Å². The number of hydrogen-bond donors (Lipinski definition) is 1. The third kappa shape index (κ3) is 4.86. The molecule has 4 aromatic rings. The maximum Gasteiger partial charge on any atom is 0.264 e. The summed E-state index contributed by atoms with van der Waals surface area (Å²) in [7, 11) is 1.64. The van der Waals surface area contributed by atoms with Gasteiger partial charge < -0.3 is 10.2 Å². The zero-order valence-corrected chi connectivity index (χ0v) is 21.5. The SMILES string of the molecule is Cc1cc(C)c(NC(=O)CN(C)C(=O)c2cc3c(C)nn(Cc4ccccc4Cl)c3s2)c(C)c1. The van der Waals surface area contributed by atoms with E-state index in [0.29, 0.717) is 16.4 Å². The minimum absolute atomic E-state index is 0.0371. The summed E-state index contributed by atoms with van der Waals surface area (Å²) in [5, 5.41) is 9.20. The summed E-state index contributed by atoms with van der Waals surface area (Å²) in [6, 6.07) is 13.6. The van der Waals surface area contributed by atoms with Crippen molar-refractivity contribution in [1.29, 1.82) is 0 Å². The van der Waals surface area contributed by atoms with Gasteiger partial charge in [-0.25, -0.2) is 0 Å². The number of benzene rings is 2. The number of thiophene rings is 1. The van der Waals surface area contributed by atoms with Crippen LogP contribution >= 0.6 is 22.9 Å². The summed E-state index contributed by atoms with van der Waals surface area (Å²) in [6.07, 6.45) is 0. The number of carbonyl (C=O) groups excluding carboxylic acids is 2. The number of likely N-dealkylation sites (N-methyl/N-ethyl adjacent to an activating group) is 1. The van der Waals surface area contributed by atoms with Crippen LogP contribution in [0.3, 0.4) is 0 Å². The van der Waals surface area contributed by atoms with Gasteiger partial charge in [-0.15, -0.1) is 11.3 Å². The van der Waals surface area contributed by atoms with Crippen LogP contribution in [0.2, 0.25) is 5.02 Å². The number of aryl methyl sites for hydroxylation is 4. The second kappa shape index (κ2) is 9.60. The van der Waals surface area contributed by atoms with Crippen LogP contribution in [0.25, 0.3) is 10.2 Å². The minimum atomic E-state index is -0.229. The molecule has 1 N–H and O–H groups in total. The highest BCUT2D eigenvalue weighted by Crippen LogP contribution is 2.30. The van der Waals surface area contributed by atoms with Gasteiger partial charge in [-0.3, -0.25) is 14.3 Å². The van der Waals surface area contributed by atoms with Crippen LogP contribution in [0.5, 0.6) is 0 Å². The maximum atomic E-state index is 13.1. The Balaban J connectivity index is 1.50. The number of nitrogens with zero attached hydrogens (tertiary/aromatic N) is 3. The topological polar surface area (TPSA) is 67.2 Å². The first-order valence-electron chi connectivity index (χ1n) is 11.0. The lowest BCUT2D eigenvalue weighted by atomic mass is 10.1. The van der Waals surface area contributed by atoms with Crippen molar-refractivity contribution < 1.29 is 9.59 Å². The smallest absolute Gasteiger partial charge is 0.264 e. The van der Waals surface area contributed by atoms with E-state index in [1.54, 1.807) is 7.05 Å². The van der Waals surface area contributed by atoms with Gasteiger partial charge in [0.05, 0.1) is 23.7 Å². The molecule has 2 aromatic carbocycles. The highest BCUT2D eigenvalue weighted by atomic mass is 35.5. The molecule has 0 fully saturated rings. The van der Waals surface area contributed by atoms with Crippen molar-refractivity contribution in [3.63, 3.8) is 0 Å². The quantitative estimate of drug-likeness (QED) is 0.371. The third-order valence-corrected chi connectivity index (χ3v) is 7.27. The predicted octanol–water partition coefficient (Wildman–Crippen LogP) is 5.74. The zero-order chi connectivity index (χ0) is 24.6. The average Bonchev–Trinajstić information content (AvgIpc) is 3.33. The standard InChI is InChI=1S/C26H27ClN4O2S/c1-15-10-16(2)24(17(3)11-15)28-23(32)14-30(5)25(33)22-12-20-18(4)29-31(26(20)34-22)13-19-8-6-7-9-21(19)27/h6-12H,13-14H2,1-5H3,(H,28,32). The molecule has 2 aromatic heterocycles. The largest absolute Gasteiger partial charge is 0.332 e. The molecule has 0 unspecified atom stereocenters. The minimum Gasteiger partial charge on any atom is -0.332 e. The normalized spacial score (nSPS) is 11.1. The van der Waals surface area contributed by atoms with E-state index in [1.165, 1.54) is 16.2 Å². The second-order valence-corrected chi connectivity index (χ2v) is 10.1. The van der Waals surface area contributed by atoms with Gasteiger partial charge in [-0.2, -0.15) is 5.10 Å². The molecule has 4 rings (SSSR count). The lowest BCUT2D eigenvalue weighted by molar-refractivity contribution is -0.116. The number of rotatable bonds is 6. The molecule has 0 aliphatic carbocycles. The van der Waals surface area contributed by atoms with Crippen LogP contribution in [-0.4, -0.2) is 40.1 Å². The molecular formula is C26H27ClN4O2S. The van der Waals surface area contributed by atoms with Crippen molar-refractivity contribution in [2.24, 2.45) is 0 Å². The maximum absolute atomic E-state index is 13.1. The van der Waals surface area contributed by atoms with Gasteiger partial charge in [0.2, 0.25) is 5.91 Å². The number of halogens is 1. The van der Waals surface area contributed by atoms with Crippen molar-refractivity contribution in [3.05, 3.63) is 80.3 Å². The Morgan fingerprint density at radius 1 is 1.09 bits per heavy atom. The molecule has 2 amide bonds. The Morgan fingerprint density at radius 2 is 1.76 bits per heavy atom. The first-order chi connectivity index (χ1) is 16.1. The molecule has 0 radical (unpaired) electrons. The van der Waals surface area contributed by atoms with Crippen molar-refractivity contribution in [1.82, 2.24) is 14.7 Å². The highest BCUT2D eigenvalue weighted by molar-refractivity contribution is 7.20. The Bertz CT molecular complexity index is 1380. The van der Waals surface area contributed by atoms with Gasteiger partial charge in [-0.05, 0) is 56.5 Å². The first-order valence-corrected chi connectivity index (χ1v) is 12.2. The fraction of sp³-hybridized carbons (Fsp3) is 0.269. The molecule has 6 nitrogen and oxygen atoms in total. The number of carbonyl (C=O) groups is 2. The molecule has 0 atom stereocenters. The van der Waals surface area contributed by atoms with Gasteiger partial charge in [0.15, 0.2) is 0 Å². The summed E-state index contributed by atoms with van der Waals surface area (Å²) in [5.41, 5.74) is 5.77. The number of nitrogens with one attached hydrogen (secondary N) is 1. The summed E-state index contributed by atoms with van der Waals surface area (Å²) < 4.78 is 1.88. The molecule has 0 spiro atoms. The van der Waals surface area contributed by atoms with E-state index >= 15 is 0 Å². The summed E-state index contributed by atoms with van der Waals surface area (Å²) >= 11 is 7.70. The Hall–Kier alpha value is -3.16. The molecule has 8 heteroatoms. The monoisotopic (exact) mass is 494 g/mol. The van der Waals surface area contributed by atoms with Crippen LogP contribution in [0, 0.1) is 27.7 Å².